The van der Waals surface area contributed by atoms with Crippen LogP contribution in [0.3, 0.4) is 0 Å². The molecule has 0 bridgehead atoms. The van der Waals surface area contributed by atoms with Gasteiger partial charge in [-0.1, -0.05) is 39.0 Å². The van der Waals surface area contributed by atoms with Gasteiger partial charge in [0.2, 0.25) is 0 Å². The first-order valence-electron chi connectivity index (χ1n) is 12.5. The summed E-state index contributed by atoms with van der Waals surface area (Å²) in [4.78, 5) is 16.5. The third-order valence-corrected chi connectivity index (χ3v) is 6.05. The highest BCUT2D eigenvalue weighted by Crippen LogP contribution is 2.26. The molecule has 1 aliphatic carbocycles. The van der Waals surface area contributed by atoms with Crippen LogP contribution in [0.25, 0.3) is 0 Å². The fourth-order valence-electron chi connectivity index (χ4n) is 4.09. The molecule has 0 aromatic heterocycles. The highest BCUT2D eigenvalue weighted by Gasteiger charge is 2.29. The predicted octanol–water partition coefficient (Wildman–Crippen LogP) is 6.25. The number of rotatable bonds is 14. The lowest BCUT2D eigenvalue weighted by atomic mass is 9.92. The molecule has 0 unspecified atom stereocenters. The van der Waals surface area contributed by atoms with Crippen LogP contribution >= 0.6 is 0 Å². The van der Waals surface area contributed by atoms with Crippen molar-refractivity contribution < 1.29 is 14.3 Å². The van der Waals surface area contributed by atoms with E-state index in [1.807, 2.05) is 27.8 Å². The minimum atomic E-state index is -0.434. The Hall–Kier alpha value is -0.810. The van der Waals surface area contributed by atoms with Crippen LogP contribution in [0.15, 0.2) is 0 Å². The van der Waals surface area contributed by atoms with E-state index >= 15 is 0 Å². The Balaban J connectivity index is 2.00. The minimum Gasteiger partial charge on any atom is -0.444 e. The van der Waals surface area contributed by atoms with Crippen molar-refractivity contribution in [2.24, 2.45) is 0 Å². The Kier molecular flexibility index (Phi) is 13.7. The molecule has 5 nitrogen and oxygen atoms in total. The average molecular weight is 427 g/mol. The maximum absolute atomic E-state index is 12.2. The molecular formula is C25H50N2O3. The van der Waals surface area contributed by atoms with Gasteiger partial charge >= 0.3 is 6.09 Å². The first-order chi connectivity index (χ1) is 14.2. The molecule has 0 atom stereocenters. The van der Waals surface area contributed by atoms with Gasteiger partial charge in [-0.2, -0.15) is 0 Å². The van der Waals surface area contributed by atoms with Gasteiger partial charge in [0.15, 0.2) is 0 Å². The van der Waals surface area contributed by atoms with E-state index in [-0.39, 0.29) is 12.1 Å². The summed E-state index contributed by atoms with van der Waals surface area (Å²) in [6, 6.07) is 0.278. The van der Waals surface area contributed by atoms with Crippen molar-refractivity contribution >= 4 is 6.09 Å². The number of nitrogens with zero attached hydrogens (tertiary/aromatic N) is 2. The van der Waals surface area contributed by atoms with Gasteiger partial charge in [0, 0.05) is 19.7 Å². The van der Waals surface area contributed by atoms with Gasteiger partial charge in [0.25, 0.3) is 0 Å². The zero-order chi connectivity index (χ0) is 22.4. The summed E-state index contributed by atoms with van der Waals surface area (Å²) in [5.41, 5.74) is -0.434. The second kappa shape index (κ2) is 15.1. The highest BCUT2D eigenvalue weighted by molar-refractivity contribution is 5.68. The van der Waals surface area contributed by atoms with Crippen molar-refractivity contribution in [1.82, 2.24) is 9.80 Å². The highest BCUT2D eigenvalue weighted by atomic mass is 16.6. The first-order valence-corrected chi connectivity index (χ1v) is 12.5. The summed E-state index contributed by atoms with van der Waals surface area (Å²) < 4.78 is 11.6. The maximum Gasteiger partial charge on any atom is 0.410 e. The van der Waals surface area contributed by atoms with Gasteiger partial charge in [-0.25, -0.2) is 4.79 Å². The van der Waals surface area contributed by atoms with Crippen LogP contribution < -0.4 is 0 Å². The van der Waals surface area contributed by atoms with Gasteiger partial charge in [0.1, 0.15) is 5.60 Å². The van der Waals surface area contributed by atoms with Crippen molar-refractivity contribution in [2.45, 2.75) is 122 Å². The van der Waals surface area contributed by atoms with E-state index in [4.69, 9.17) is 9.47 Å². The molecule has 0 aliphatic heterocycles. The van der Waals surface area contributed by atoms with Gasteiger partial charge in [0.05, 0.1) is 6.10 Å². The van der Waals surface area contributed by atoms with E-state index in [1.165, 1.54) is 64.5 Å². The number of ether oxygens (including phenoxy) is 2. The molecule has 1 aliphatic rings. The summed E-state index contributed by atoms with van der Waals surface area (Å²) >= 11 is 0. The van der Waals surface area contributed by atoms with E-state index in [9.17, 15) is 4.79 Å². The van der Waals surface area contributed by atoms with Gasteiger partial charge in [-0.3, -0.25) is 0 Å². The molecule has 0 aromatic rings. The lowest BCUT2D eigenvalue weighted by Crippen LogP contribution is -2.43. The zero-order valence-corrected chi connectivity index (χ0v) is 20.9. The number of hydrogen-bond acceptors (Lipinski definition) is 4. The van der Waals surface area contributed by atoms with Gasteiger partial charge in [-0.15, -0.1) is 0 Å². The minimum absolute atomic E-state index is 0.209. The third kappa shape index (κ3) is 12.8. The Morgan fingerprint density at radius 2 is 1.43 bits per heavy atom. The molecule has 0 N–H and O–H groups in total. The molecule has 1 rings (SSSR count). The van der Waals surface area contributed by atoms with Gasteiger partial charge < -0.3 is 19.3 Å². The lowest BCUT2D eigenvalue weighted by Gasteiger charge is -2.35. The summed E-state index contributed by atoms with van der Waals surface area (Å²) in [6.07, 6.45) is 14.7. The van der Waals surface area contributed by atoms with Crippen molar-refractivity contribution in [3.05, 3.63) is 0 Å². The average Bonchev–Trinajstić information content (AvgIpc) is 2.68. The van der Waals surface area contributed by atoms with Gasteiger partial charge in [-0.05, 0) is 85.9 Å². The lowest BCUT2D eigenvalue weighted by molar-refractivity contribution is -0.00582. The van der Waals surface area contributed by atoms with E-state index in [0.29, 0.717) is 6.10 Å². The number of unbranched alkanes of at least 4 members (excludes halogenated alkanes) is 6. The maximum atomic E-state index is 12.2. The predicted molar refractivity (Wildman–Crippen MR) is 126 cm³/mol. The Labute approximate surface area is 186 Å². The fourth-order valence-corrected chi connectivity index (χ4v) is 4.09. The standard InChI is InChI=1S/C25H50N2O3/c1-7-8-12-19-26(5)20-13-10-9-11-14-21-29-23-17-15-22(16-18-23)27(6)24(28)30-25(2,3)4/h22-23H,7-21H2,1-6H3. The quantitative estimate of drug-likeness (QED) is 0.308. The molecule has 30 heavy (non-hydrogen) atoms. The molecule has 1 fully saturated rings. The monoisotopic (exact) mass is 426 g/mol. The van der Waals surface area contributed by atoms with E-state index < -0.39 is 5.60 Å². The van der Waals surface area contributed by atoms with E-state index in [1.54, 1.807) is 4.90 Å². The molecular weight excluding hydrogens is 376 g/mol. The molecule has 0 radical (unpaired) electrons. The molecule has 1 saturated carbocycles. The Morgan fingerprint density at radius 3 is 2.03 bits per heavy atom. The summed E-state index contributed by atoms with van der Waals surface area (Å²) in [5, 5.41) is 0. The van der Waals surface area contributed by atoms with Crippen LogP contribution in [0.4, 0.5) is 4.79 Å². The number of hydrogen-bond donors (Lipinski definition) is 0. The van der Waals surface area contributed by atoms with Crippen LogP contribution in [-0.2, 0) is 9.47 Å². The second-order valence-corrected chi connectivity index (χ2v) is 10.2. The Morgan fingerprint density at radius 1 is 0.867 bits per heavy atom. The van der Waals surface area contributed by atoms with Crippen molar-refractivity contribution in [1.29, 1.82) is 0 Å². The smallest absolute Gasteiger partial charge is 0.410 e. The van der Waals surface area contributed by atoms with E-state index in [0.717, 1.165) is 32.3 Å². The number of carbonyl (C=O) groups excluding carboxylic acids is 1. The van der Waals surface area contributed by atoms with Crippen molar-refractivity contribution in [3.8, 4) is 0 Å². The fraction of sp³-hybridized carbons (Fsp3) is 0.960. The van der Waals surface area contributed by atoms with E-state index in [2.05, 4.69) is 18.9 Å². The molecule has 1 amide bonds. The zero-order valence-electron chi connectivity index (χ0n) is 20.9. The number of carbonyl (C=O) groups is 1. The van der Waals surface area contributed by atoms with Crippen molar-refractivity contribution in [3.63, 3.8) is 0 Å². The SMILES string of the molecule is CCCCCN(C)CCCCCCCOC1CCC(N(C)C(=O)OC(C)(C)C)CC1. The van der Waals surface area contributed by atoms with Crippen LogP contribution in [-0.4, -0.2) is 67.4 Å². The van der Waals surface area contributed by atoms with Crippen LogP contribution in [0.5, 0.6) is 0 Å². The molecule has 0 aromatic carbocycles. The molecule has 5 heteroatoms. The first kappa shape index (κ1) is 27.2. The van der Waals surface area contributed by atoms with Crippen LogP contribution in [0, 0.1) is 0 Å². The summed E-state index contributed by atoms with van der Waals surface area (Å²) in [6.45, 7) is 11.4. The molecule has 0 spiro atoms. The van der Waals surface area contributed by atoms with Crippen LogP contribution in [0.1, 0.15) is 105 Å². The largest absolute Gasteiger partial charge is 0.444 e. The third-order valence-electron chi connectivity index (χ3n) is 6.05. The Bertz CT molecular complexity index is 442. The normalized spacial score (nSPS) is 19.8. The van der Waals surface area contributed by atoms with Crippen LogP contribution in [0.2, 0.25) is 0 Å². The van der Waals surface area contributed by atoms with Crippen molar-refractivity contribution in [2.75, 3.05) is 33.8 Å². The molecule has 178 valence electrons. The topological polar surface area (TPSA) is 42.0 Å². The molecule has 0 heterocycles. The second-order valence-electron chi connectivity index (χ2n) is 10.2. The number of amides is 1. The summed E-state index contributed by atoms with van der Waals surface area (Å²) in [7, 11) is 4.12. The molecule has 0 saturated heterocycles. The summed E-state index contributed by atoms with van der Waals surface area (Å²) in [5.74, 6) is 0.